The zero-order valence-corrected chi connectivity index (χ0v) is 30.9. The first-order chi connectivity index (χ1) is 23.0. The lowest BCUT2D eigenvalue weighted by Crippen LogP contribution is -2.26. The van der Waals surface area contributed by atoms with Gasteiger partial charge in [0.25, 0.3) is 9.04 Å². The van der Waals surface area contributed by atoms with Gasteiger partial charge >= 0.3 is 0 Å². The molecule has 2 aliphatic carbocycles. The van der Waals surface area contributed by atoms with E-state index in [1.165, 1.54) is 16.7 Å². The highest BCUT2D eigenvalue weighted by molar-refractivity contribution is 6.54. The zero-order valence-electron chi connectivity index (χ0n) is 28.4. The molecular weight excluding hydrogens is 660 g/mol. The number of fused-ring (bicyclic) bond motifs is 1. The summed E-state index contributed by atoms with van der Waals surface area (Å²) in [6, 6.07) is 20.8. The van der Waals surface area contributed by atoms with Crippen molar-refractivity contribution in [1.29, 1.82) is 0 Å². The van der Waals surface area contributed by atoms with Gasteiger partial charge in [0.1, 0.15) is 11.9 Å². The van der Waals surface area contributed by atoms with Crippen LogP contribution < -0.4 is 4.74 Å². The van der Waals surface area contributed by atoms with Crippen molar-refractivity contribution in [1.82, 2.24) is 4.90 Å². The molecule has 48 heavy (non-hydrogen) atoms. The first kappa shape index (κ1) is 34.9. The van der Waals surface area contributed by atoms with Crippen molar-refractivity contribution in [3.8, 4) is 5.75 Å². The lowest BCUT2D eigenvalue weighted by atomic mass is 9.86. The van der Waals surface area contributed by atoms with Crippen LogP contribution in [0.2, 0.25) is 21.6 Å². The molecule has 0 amide bonds. The quantitative estimate of drug-likeness (QED) is 0.197. The smallest absolute Gasteiger partial charge is 0.283 e. The Labute approximate surface area is 296 Å². The van der Waals surface area contributed by atoms with Crippen LogP contribution in [0.4, 0.5) is 4.39 Å². The topological polar surface area (TPSA) is 38.8 Å². The Hall–Kier alpha value is -2.90. The van der Waals surface area contributed by atoms with E-state index in [4.69, 9.17) is 32.4 Å². The van der Waals surface area contributed by atoms with Crippen LogP contribution in [0.3, 0.4) is 0 Å². The summed E-state index contributed by atoms with van der Waals surface area (Å²) < 4.78 is 25.5. The number of nitrogens with zero attached hydrogens (tertiary/aromatic N) is 1. The van der Waals surface area contributed by atoms with Crippen LogP contribution in [0, 0.1) is 0 Å². The van der Waals surface area contributed by atoms with E-state index in [0.29, 0.717) is 35.1 Å². The predicted octanol–water partition coefficient (Wildman–Crippen LogP) is 10.6. The van der Waals surface area contributed by atoms with Crippen LogP contribution in [0.1, 0.15) is 87.1 Å². The molecule has 0 saturated carbocycles. The molecule has 0 aromatic heterocycles. The van der Waals surface area contributed by atoms with E-state index in [9.17, 15) is 9.18 Å². The predicted molar refractivity (Wildman–Crippen MR) is 198 cm³/mol. The molecule has 0 bridgehead atoms. The summed E-state index contributed by atoms with van der Waals surface area (Å²) in [5, 5.41) is 1.27. The second-order valence-corrected chi connectivity index (χ2v) is 17.9. The Bertz CT molecular complexity index is 1730. The van der Waals surface area contributed by atoms with Crippen LogP contribution >= 0.6 is 23.2 Å². The van der Waals surface area contributed by atoms with Crippen molar-refractivity contribution >= 4 is 54.7 Å². The molecule has 1 aliphatic heterocycles. The van der Waals surface area contributed by atoms with Crippen LogP contribution in [0.25, 0.3) is 16.7 Å². The van der Waals surface area contributed by atoms with Gasteiger partial charge in [0.15, 0.2) is 11.5 Å². The standard InChI is InChI=1S/C40H45Cl2FNO3Si/c1-40(2,3)48(4)47-39-33(17-18-37(39)45)28-11-15-32-27(23-28)7-5-8-35(34-16-12-29(41)24-36(34)42)38(32)26-9-13-30(14-10-26)46-31-19-22-44(25-31)21-6-20-43/h9-16,23-24,31H,5-8,17-22,25H2,1-4H3/t31-/m0/s1. The summed E-state index contributed by atoms with van der Waals surface area (Å²) >= 11 is 13.2. The highest BCUT2D eigenvalue weighted by atomic mass is 35.5. The Morgan fingerprint density at radius 3 is 2.40 bits per heavy atom. The molecule has 4 nitrogen and oxygen atoms in total. The van der Waals surface area contributed by atoms with Crippen molar-refractivity contribution in [3.05, 3.63) is 104 Å². The Balaban J connectivity index is 1.37. The fourth-order valence-electron chi connectivity index (χ4n) is 6.92. The molecule has 3 aromatic carbocycles. The molecule has 8 heteroatoms. The molecule has 3 aromatic rings. The average Bonchev–Trinajstić information content (AvgIpc) is 3.60. The van der Waals surface area contributed by atoms with E-state index < -0.39 is 9.04 Å². The maximum atomic E-state index is 13.0. The van der Waals surface area contributed by atoms with Crippen molar-refractivity contribution in [3.63, 3.8) is 0 Å². The van der Waals surface area contributed by atoms with Gasteiger partial charge < -0.3 is 9.16 Å². The van der Waals surface area contributed by atoms with Crippen molar-refractivity contribution < 1.29 is 18.3 Å². The van der Waals surface area contributed by atoms with Crippen LogP contribution in [-0.4, -0.2) is 52.1 Å². The number of hydrogen-bond acceptors (Lipinski definition) is 4. The molecular formula is C40H45Cl2FNO3Si. The lowest BCUT2D eigenvalue weighted by molar-refractivity contribution is -0.116. The number of allylic oxidation sites excluding steroid dienone is 3. The number of halogens is 3. The van der Waals surface area contributed by atoms with Gasteiger partial charge in [0, 0.05) is 41.7 Å². The molecule has 1 atom stereocenters. The third-order valence-corrected chi connectivity index (χ3v) is 13.0. The number of alkyl halides is 1. The Morgan fingerprint density at radius 1 is 0.917 bits per heavy atom. The fourth-order valence-corrected chi connectivity index (χ4v) is 8.29. The summed E-state index contributed by atoms with van der Waals surface area (Å²) in [7, 11) is -1.22. The van der Waals surface area contributed by atoms with Gasteiger partial charge in [-0.05, 0) is 113 Å². The average molecular weight is 706 g/mol. The van der Waals surface area contributed by atoms with Crippen molar-refractivity contribution in [2.45, 2.75) is 83.4 Å². The molecule has 1 heterocycles. The van der Waals surface area contributed by atoms with E-state index in [2.05, 4.69) is 74.7 Å². The Morgan fingerprint density at radius 2 is 1.67 bits per heavy atom. The first-order valence-corrected chi connectivity index (χ1v) is 19.8. The van der Waals surface area contributed by atoms with Crippen LogP contribution in [0.15, 0.2) is 66.4 Å². The minimum Gasteiger partial charge on any atom is -0.539 e. The summed E-state index contributed by atoms with van der Waals surface area (Å²) in [6.07, 6.45) is 5.55. The van der Waals surface area contributed by atoms with E-state index >= 15 is 0 Å². The highest BCUT2D eigenvalue weighted by Crippen LogP contribution is 2.44. The normalized spacial score (nSPS) is 18.9. The van der Waals surface area contributed by atoms with Crippen molar-refractivity contribution in [2.24, 2.45) is 0 Å². The minimum atomic E-state index is -1.22. The van der Waals surface area contributed by atoms with Gasteiger partial charge in [-0.3, -0.25) is 14.1 Å². The summed E-state index contributed by atoms with van der Waals surface area (Å²) in [5.41, 5.74) is 8.97. The Kier molecular flexibility index (Phi) is 10.9. The maximum Gasteiger partial charge on any atom is 0.283 e. The number of carbonyl (C=O) groups is 1. The monoisotopic (exact) mass is 704 g/mol. The minimum absolute atomic E-state index is 0.0205. The number of hydrogen-bond donors (Lipinski definition) is 0. The van der Waals surface area contributed by atoms with E-state index in [1.54, 1.807) is 0 Å². The van der Waals surface area contributed by atoms with Gasteiger partial charge in [-0.2, -0.15) is 0 Å². The molecule has 1 saturated heterocycles. The van der Waals surface area contributed by atoms with Gasteiger partial charge in [-0.1, -0.05) is 80.4 Å². The van der Waals surface area contributed by atoms with Gasteiger partial charge in [0.2, 0.25) is 0 Å². The van der Waals surface area contributed by atoms with Crippen LogP contribution in [-0.2, 0) is 15.6 Å². The largest absolute Gasteiger partial charge is 0.539 e. The number of likely N-dealkylation sites (tertiary alicyclic amines) is 1. The van der Waals surface area contributed by atoms with Gasteiger partial charge in [0.05, 0.1) is 6.67 Å². The maximum absolute atomic E-state index is 13.0. The number of Topliss-reactive ketones (excluding diaryl/α,β-unsaturated/α-hetero) is 1. The van der Waals surface area contributed by atoms with E-state index in [1.807, 2.05) is 18.2 Å². The van der Waals surface area contributed by atoms with E-state index in [-0.39, 0.29) is 23.6 Å². The van der Waals surface area contributed by atoms with Gasteiger partial charge in [-0.25, -0.2) is 0 Å². The van der Waals surface area contributed by atoms with Crippen molar-refractivity contribution in [2.75, 3.05) is 26.3 Å². The summed E-state index contributed by atoms with van der Waals surface area (Å²) in [5.74, 6) is 1.52. The number of ether oxygens (including phenoxy) is 1. The third kappa shape index (κ3) is 7.78. The zero-order chi connectivity index (χ0) is 34.0. The molecule has 3 aliphatic rings. The molecule has 253 valence electrons. The molecule has 6 rings (SSSR count). The second kappa shape index (κ2) is 14.9. The second-order valence-electron chi connectivity index (χ2n) is 14.2. The molecule has 0 spiro atoms. The third-order valence-electron chi connectivity index (χ3n) is 9.88. The summed E-state index contributed by atoms with van der Waals surface area (Å²) in [6.45, 7) is 11.0. The molecule has 1 fully saturated rings. The number of rotatable bonds is 10. The summed E-state index contributed by atoms with van der Waals surface area (Å²) in [4.78, 5) is 15.3. The number of benzene rings is 3. The number of carbonyl (C=O) groups excluding carboxylic acids is 1. The number of aryl methyl sites for hydroxylation is 1. The fraction of sp³-hybridized carbons (Fsp3) is 0.425. The van der Waals surface area contributed by atoms with E-state index in [0.717, 1.165) is 78.9 Å². The SMILES string of the molecule is C[Si](OC1=C(c2ccc3c(c2)CCCC(c2ccc(Cl)cc2Cl)=C3c2ccc(O[C@H]3CCN(CCCF)C3)cc2)CCC1=O)C(C)(C)C. The molecule has 1 radical (unpaired) electrons. The lowest BCUT2D eigenvalue weighted by Gasteiger charge is -2.26. The molecule has 0 N–H and O–H groups in total. The van der Waals surface area contributed by atoms with Crippen LogP contribution in [0.5, 0.6) is 5.75 Å². The number of ketones is 1. The first-order valence-electron chi connectivity index (χ1n) is 17.2. The molecule has 0 unspecified atom stereocenters. The van der Waals surface area contributed by atoms with Gasteiger partial charge in [-0.15, -0.1) is 0 Å². The highest BCUT2D eigenvalue weighted by Gasteiger charge is 2.33.